The molecule has 1 fully saturated rings. The van der Waals surface area contributed by atoms with Crippen LogP contribution in [0.2, 0.25) is 0 Å². The third-order valence-corrected chi connectivity index (χ3v) is 5.34. The summed E-state index contributed by atoms with van der Waals surface area (Å²) in [5.74, 6) is -0.346. The van der Waals surface area contributed by atoms with E-state index in [9.17, 15) is 14.0 Å². The first kappa shape index (κ1) is 21.1. The van der Waals surface area contributed by atoms with E-state index in [1.165, 1.54) is 17.4 Å². The molecule has 2 aromatic rings. The number of nitrogens with zero attached hydrogens (tertiary/aromatic N) is 1. The number of amides is 2. The maximum absolute atomic E-state index is 14.1. The van der Waals surface area contributed by atoms with Crippen LogP contribution < -0.4 is 5.32 Å². The zero-order chi connectivity index (χ0) is 21.0. The van der Waals surface area contributed by atoms with Gasteiger partial charge in [0.05, 0.1) is 10.6 Å². The summed E-state index contributed by atoms with van der Waals surface area (Å²) in [6, 6.07) is 8.15. The molecule has 1 aromatic carbocycles. The molecule has 0 bridgehead atoms. The van der Waals surface area contributed by atoms with Gasteiger partial charge in [-0.3, -0.25) is 5.32 Å². The van der Waals surface area contributed by atoms with Gasteiger partial charge >= 0.3 is 12.2 Å². The van der Waals surface area contributed by atoms with Crippen LogP contribution in [-0.4, -0.2) is 41.9 Å². The highest BCUT2D eigenvalue weighted by atomic mass is 32.1. The lowest BCUT2D eigenvalue weighted by molar-refractivity contribution is 0.00794. The normalized spacial score (nSPS) is 15.1. The van der Waals surface area contributed by atoms with Crippen LogP contribution in [0.15, 0.2) is 35.7 Å². The zero-order valence-electron chi connectivity index (χ0n) is 16.7. The van der Waals surface area contributed by atoms with Crippen molar-refractivity contribution in [2.24, 2.45) is 0 Å². The molecule has 0 saturated carbocycles. The molecule has 1 saturated heterocycles. The van der Waals surface area contributed by atoms with Crippen molar-refractivity contribution in [3.63, 3.8) is 0 Å². The van der Waals surface area contributed by atoms with E-state index in [1.54, 1.807) is 34.5 Å². The second kappa shape index (κ2) is 8.82. The van der Waals surface area contributed by atoms with Crippen LogP contribution in [0, 0.1) is 5.82 Å². The number of halogens is 1. The summed E-state index contributed by atoms with van der Waals surface area (Å²) in [6.45, 7) is 6.40. The van der Waals surface area contributed by atoms with Crippen molar-refractivity contribution in [3.05, 3.63) is 41.5 Å². The number of nitrogens with one attached hydrogen (secondary N) is 1. The lowest BCUT2D eigenvalue weighted by Gasteiger charge is -2.33. The molecule has 1 aliphatic heterocycles. The van der Waals surface area contributed by atoms with Crippen LogP contribution in [-0.2, 0) is 9.47 Å². The van der Waals surface area contributed by atoms with Gasteiger partial charge in [0.25, 0.3) is 0 Å². The van der Waals surface area contributed by atoms with Gasteiger partial charge in [0.1, 0.15) is 17.5 Å². The maximum Gasteiger partial charge on any atom is 0.411 e. The topological polar surface area (TPSA) is 67.9 Å². The largest absolute Gasteiger partial charge is 0.446 e. The van der Waals surface area contributed by atoms with E-state index in [4.69, 9.17) is 9.47 Å². The Morgan fingerprint density at radius 3 is 2.52 bits per heavy atom. The fraction of sp³-hybridized carbons (Fsp3) is 0.429. The number of hydrogen-bond acceptors (Lipinski definition) is 5. The van der Waals surface area contributed by atoms with Crippen molar-refractivity contribution in [1.29, 1.82) is 0 Å². The first-order valence-electron chi connectivity index (χ1n) is 9.51. The van der Waals surface area contributed by atoms with Crippen molar-refractivity contribution in [1.82, 2.24) is 4.90 Å². The first-order chi connectivity index (χ1) is 13.7. The van der Waals surface area contributed by atoms with Gasteiger partial charge in [0, 0.05) is 31.5 Å². The smallest absolute Gasteiger partial charge is 0.411 e. The minimum absolute atomic E-state index is 0.288. The van der Waals surface area contributed by atoms with Crippen molar-refractivity contribution in [2.45, 2.75) is 45.3 Å². The molecule has 156 valence electrons. The van der Waals surface area contributed by atoms with Crippen LogP contribution in [0.25, 0.3) is 10.4 Å². The first-order valence-corrected chi connectivity index (χ1v) is 10.4. The van der Waals surface area contributed by atoms with Gasteiger partial charge < -0.3 is 14.4 Å². The average molecular weight is 421 g/mol. The van der Waals surface area contributed by atoms with E-state index >= 15 is 0 Å². The molecule has 1 aliphatic rings. The molecule has 8 heteroatoms. The quantitative estimate of drug-likeness (QED) is 0.712. The average Bonchev–Trinajstić information content (AvgIpc) is 3.09. The number of anilines is 1. The number of benzene rings is 1. The second-order valence-electron chi connectivity index (χ2n) is 7.84. The Morgan fingerprint density at radius 1 is 1.17 bits per heavy atom. The molecular formula is C21H25FN2O4S. The lowest BCUT2D eigenvalue weighted by atomic mass is 10.1. The van der Waals surface area contributed by atoms with Crippen LogP contribution in [0.5, 0.6) is 0 Å². The van der Waals surface area contributed by atoms with Crippen molar-refractivity contribution in [2.75, 3.05) is 18.4 Å². The molecule has 1 aromatic heterocycles. The van der Waals surface area contributed by atoms with Crippen LogP contribution >= 0.6 is 11.3 Å². The molecule has 2 amide bonds. The Bertz CT molecular complexity index is 870. The van der Waals surface area contributed by atoms with Gasteiger partial charge in [-0.1, -0.05) is 18.2 Å². The predicted molar refractivity (Wildman–Crippen MR) is 111 cm³/mol. The van der Waals surface area contributed by atoms with Gasteiger partial charge in [-0.05, 0) is 38.3 Å². The lowest BCUT2D eigenvalue weighted by Crippen LogP contribution is -2.44. The van der Waals surface area contributed by atoms with Gasteiger partial charge in [-0.2, -0.15) is 0 Å². The summed E-state index contributed by atoms with van der Waals surface area (Å²) in [5.41, 5.74) is 0.403. The van der Waals surface area contributed by atoms with E-state index in [0.29, 0.717) is 42.1 Å². The van der Waals surface area contributed by atoms with E-state index in [2.05, 4.69) is 5.32 Å². The SMILES string of the molecule is CC(C)(C)OC(=O)N1CCC(OC(=O)Nc2ccsc2-c2ccccc2F)CC1. The predicted octanol–water partition coefficient (Wildman–Crippen LogP) is 5.50. The van der Waals surface area contributed by atoms with Crippen LogP contribution in [0.1, 0.15) is 33.6 Å². The maximum atomic E-state index is 14.1. The third-order valence-electron chi connectivity index (χ3n) is 4.39. The Kier molecular flexibility index (Phi) is 6.42. The summed E-state index contributed by atoms with van der Waals surface area (Å²) in [7, 11) is 0. The number of rotatable bonds is 3. The molecule has 0 radical (unpaired) electrons. The fourth-order valence-corrected chi connectivity index (χ4v) is 3.91. The third kappa shape index (κ3) is 5.69. The Balaban J connectivity index is 1.53. The van der Waals surface area contributed by atoms with E-state index in [1.807, 2.05) is 20.8 Å². The molecule has 2 heterocycles. The number of hydrogen-bond donors (Lipinski definition) is 1. The summed E-state index contributed by atoms with van der Waals surface area (Å²) < 4.78 is 24.9. The highest BCUT2D eigenvalue weighted by molar-refractivity contribution is 7.14. The fourth-order valence-electron chi connectivity index (χ4n) is 3.04. The van der Waals surface area contributed by atoms with Crippen LogP contribution in [0.4, 0.5) is 19.7 Å². The molecule has 0 spiro atoms. The van der Waals surface area contributed by atoms with Crippen molar-refractivity contribution < 1.29 is 23.5 Å². The minimum atomic E-state index is -0.586. The highest BCUT2D eigenvalue weighted by Gasteiger charge is 2.28. The molecule has 3 rings (SSSR count). The molecule has 0 aliphatic carbocycles. The Hall–Kier alpha value is -2.61. The number of ether oxygens (including phenoxy) is 2. The van der Waals surface area contributed by atoms with Crippen LogP contribution in [0.3, 0.4) is 0 Å². The van der Waals surface area contributed by atoms with Gasteiger partial charge in [0.2, 0.25) is 0 Å². The summed E-state index contributed by atoms with van der Waals surface area (Å²) >= 11 is 1.34. The number of likely N-dealkylation sites (tertiary alicyclic amines) is 1. The standard InChI is InChI=1S/C21H25FN2O4S/c1-21(2,3)28-20(26)24-11-8-14(9-12-24)27-19(25)23-17-10-13-29-18(17)15-6-4-5-7-16(15)22/h4-7,10,13-14H,8-9,11-12H2,1-3H3,(H,23,25). The van der Waals surface area contributed by atoms with Crippen molar-refractivity contribution in [3.8, 4) is 10.4 Å². The number of thiophene rings is 1. The second-order valence-corrected chi connectivity index (χ2v) is 8.76. The summed E-state index contributed by atoms with van der Waals surface area (Å²) in [6.07, 6.45) is -0.151. The van der Waals surface area contributed by atoms with Gasteiger partial charge in [-0.15, -0.1) is 11.3 Å². The number of carbonyl (C=O) groups excluding carboxylic acids is 2. The number of piperidine rings is 1. The Labute approximate surface area is 173 Å². The number of carbonyl (C=O) groups is 2. The monoisotopic (exact) mass is 420 g/mol. The molecule has 0 unspecified atom stereocenters. The molecule has 1 N–H and O–H groups in total. The van der Waals surface area contributed by atoms with E-state index in [0.717, 1.165) is 0 Å². The van der Waals surface area contributed by atoms with E-state index in [-0.39, 0.29) is 18.0 Å². The summed E-state index contributed by atoms with van der Waals surface area (Å²) in [4.78, 5) is 26.7. The molecule has 6 nitrogen and oxygen atoms in total. The molecule has 0 atom stereocenters. The molecular weight excluding hydrogens is 395 g/mol. The highest BCUT2D eigenvalue weighted by Crippen LogP contribution is 2.35. The summed E-state index contributed by atoms with van der Waals surface area (Å²) in [5, 5.41) is 4.49. The van der Waals surface area contributed by atoms with Crippen molar-refractivity contribution >= 4 is 29.2 Å². The zero-order valence-corrected chi connectivity index (χ0v) is 17.6. The van der Waals surface area contributed by atoms with E-state index < -0.39 is 11.7 Å². The molecule has 29 heavy (non-hydrogen) atoms. The Morgan fingerprint density at radius 2 is 1.86 bits per heavy atom. The van der Waals surface area contributed by atoms with Gasteiger partial charge in [-0.25, -0.2) is 14.0 Å². The minimum Gasteiger partial charge on any atom is -0.446 e. The van der Waals surface area contributed by atoms with Gasteiger partial charge in [0.15, 0.2) is 0 Å².